The first kappa shape index (κ1) is 51.5. The van der Waals surface area contributed by atoms with Gasteiger partial charge in [0, 0.05) is 117 Å². The summed E-state index contributed by atoms with van der Waals surface area (Å²) in [7, 11) is 0. The van der Waals surface area contributed by atoms with Gasteiger partial charge in [-0.25, -0.2) is 15.0 Å². The monoisotopic (exact) mass is 1220 g/mol. The van der Waals surface area contributed by atoms with E-state index < -0.39 is 0 Å². The maximum atomic E-state index is 6.46. The number of aromatic nitrogens is 6. The van der Waals surface area contributed by atoms with Crippen molar-refractivity contribution in [3.05, 3.63) is 291 Å². The molecule has 9 nitrogen and oxygen atoms in total. The highest BCUT2D eigenvalue weighted by molar-refractivity contribution is 6.21. The van der Waals surface area contributed by atoms with E-state index in [1.54, 1.807) is 0 Å². The Morgan fingerprint density at radius 1 is 0.188 bits per heavy atom. The van der Waals surface area contributed by atoms with Gasteiger partial charge in [-0.1, -0.05) is 164 Å². The Morgan fingerprint density at radius 2 is 0.458 bits per heavy atom. The number of hydrogen-bond donors (Lipinski definition) is 0. The smallest absolute Gasteiger partial charge is 0.164 e. The Labute approximate surface area is 544 Å². The molecule has 22 aromatic rings. The first-order valence-electron chi connectivity index (χ1n) is 32.4. The summed E-state index contributed by atoms with van der Waals surface area (Å²) in [5.41, 5.74) is 17.8. The van der Waals surface area contributed by atoms with E-state index in [-0.39, 0.29) is 0 Å². The van der Waals surface area contributed by atoms with Gasteiger partial charge >= 0.3 is 0 Å². The van der Waals surface area contributed by atoms with Crippen LogP contribution in [0.5, 0.6) is 0 Å². The quantitative estimate of drug-likeness (QED) is 0.165. The van der Waals surface area contributed by atoms with Crippen LogP contribution in [0, 0.1) is 0 Å². The van der Waals surface area contributed by atoms with E-state index >= 15 is 0 Å². The van der Waals surface area contributed by atoms with Crippen molar-refractivity contribution in [1.82, 2.24) is 28.7 Å². The summed E-state index contributed by atoms with van der Waals surface area (Å²) in [6.07, 6.45) is 0. The van der Waals surface area contributed by atoms with E-state index in [0.717, 1.165) is 165 Å². The van der Waals surface area contributed by atoms with Crippen LogP contribution in [0.3, 0.4) is 0 Å². The molecule has 7 heterocycles. The number of rotatable bonds is 6. The Balaban J connectivity index is 0.672. The van der Waals surface area contributed by atoms with Crippen LogP contribution in [0.1, 0.15) is 0 Å². The zero-order valence-corrected chi connectivity index (χ0v) is 51.1. The number of hydrogen-bond acceptors (Lipinski definition) is 6. The molecule has 9 heteroatoms. The minimum absolute atomic E-state index is 0.582. The van der Waals surface area contributed by atoms with Gasteiger partial charge in [0.15, 0.2) is 17.5 Å². The van der Waals surface area contributed by atoms with Gasteiger partial charge in [0.05, 0.1) is 33.1 Å². The number of para-hydroxylation sites is 6. The molecule has 0 bridgehead atoms. The highest BCUT2D eigenvalue weighted by Crippen LogP contribution is 2.44. The van der Waals surface area contributed by atoms with E-state index in [1.807, 2.05) is 36.4 Å². The molecule has 0 saturated carbocycles. The summed E-state index contributed by atoms with van der Waals surface area (Å²) in [6.45, 7) is 0. The molecular weight excluding hydrogens is 1180 g/mol. The molecule has 0 atom stereocenters. The molecular formula is C87H48N6O3. The van der Waals surface area contributed by atoms with Crippen LogP contribution in [0.15, 0.2) is 304 Å². The summed E-state index contributed by atoms with van der Waals surface area (Å²) in [5, 5.41) is 20.3. The second kappa shape index (κ2) is 19.2. The first-order valence-corrected chi connectivity index (χ1v) is 32.4. The molecule has 0 N–H and O–H groups in total. The molecule has 0 amide bonds. The average molecular weight is 1230 g/mol. The highest BCUT2D eigenvalue weighted by atomic mass is 16.3. The fraction of sp³-hybridized carbons (Fsp3) is 0. The Morgan fingerprint density at radius 3 is 0.781 bits per heavy atom. The third-order valence-corrected chi connectivity index (χ3v) is 20.2. The van der Waals surface area contributed by atoms with Gasteiger partial charge in [-0.05, 0) is 142 Å². The van der Waals surface area contributed by atoms with E-state index in [4.69, 9.17) is 28.2 Å². The lowest BCUT2D eigenvalue weighted by molar-refractivity contribution is 0.669. The highest BCUT2D eigenvalue weighted by Gasteiger charge is 2.22. The fourth-order valence-electron chi connectivity index (χ4n) is 15.7. The van der Waals surface area contributed by atoms with Crippen molar-refractivity contribution in [2.75, 3.05) is 0 Å². The molecule has 0 aliphatic rings. The minimum Gasteiger partial charge on any atom is -0.456 e. The largest absolute Gasteiger partial charge is 0.456 e. The summed E-state index contributed by atoms with van der Waals surface area (Å²) >= 11 is 0. The van der Waals surface area contributed by atoms with E-state index in [1.165, 1.54) is 32.3 Å². The van der Waals surface area contributed by atoms with Crippen molar-refractivity contribution in [2.24, 2.45) is 0 Å². The average Bonchev–Trinajstić information content (AvgIpc) is 1.58. The summed E-state index contributed by atoms with van der Waals surface area (Å²) in [6, 6.07) is 104. The topological polar surface area (TPSA) is 92.9 Å². The lowest BCUT2D eigenvalue weighted by atomic mass is 10.0. The molecule has 444 valence electrons. The fourth-order valence-corrected chi connectivity index (χ4v) is 15.7. The third kappa shape index (κ3) is 7.47. The van der Waals surface area contributed by atoms with Gasteiger partial charge < -0.3 is 27.0 Å². The lowest BCUT2D eigenvalue weighted by Gasteiger charge is -2.13. The third-order valence-electron chi connectivity index (χ3n) is 20.2. The van der Waals surface area contributed by atoms with Crippen molar-refractivity contribution in [3.63, 3.8) is 0 Å². The Bertz CT molecular complexity index is 6480. The van der Waals surface area contributed by atoms with E-state index in [2.05, 4.69) is 268 Å². The van der Waals surface area contributed by atoms with Gasteiger partial charge in [-0.3, -0.25) is 0 Å². The van der Waals surface area contributed by atoms with Crippen LogP contribution in [-0.4, -0.2) is 28.7 Å². The van der Waals surface area contributed by atoms with Gasteiger partial charge in [0.1, 0.15) is 33.5 Å². The van der Waals surface area contributed by atoms with Crippen molar-refractivity contribution in [1.29, 1.82) is 0 Å². The second-order valence-corrected chi connectivity index (χ2v) is 25.5. The molecule has 7 aromatic heterocycles. The first-order chi connectivity index (χ1) is 47.5. The number of benzene rings is 15. The van der Waals surface area contributed by atoms with Gasteiger partial charge in [0.25, 0.3) is 0 Å². The van der Waals surface area contributed by atoms with Crippen LogP contribution >= 0.6 is 0 Å². The van der Waals surface area contributed by atoms with Crippen molar-refractivity contribution in [2.45, 2.75) is 0 Å². The van der Waals surface area contributed by atoms with E-state index in [9.17, 15) is 0 Å². The van der Waals surface area contributed by atoms with Crippen LogP contribution in [0.25, 0.3) is 215 Å². The van der Waals surface area contributed by atoms with Crippen LogP contribution in [-0.2, 0) is 0 Å². The SMILES string of the molecule is c1ccc2c(c1)oc1cc3c(cc12)c1ccccc1n3-c1ccc2cc(-c3nc(-c4ccc5cc(-n6c7ccccc7c7cc8c(cc76)oc6ccccc68)ccc5c4)nc(-c4ccc5cc(-n6c7ccccc7c7cc8c(cc76)oc6ccccc68)ccc5c4)n3)ccc2c1. The summed E-state index contributed by atoms with van der Waals surface area (Å²) in [5.74, 6) is 1.75. The maximum Gasteiger partial charge on any atom is 0.164 e. The molecule has 22 rings (SSSR count). The second-order valence-electron chi connectivity index (χ2n) is 25.5. The van der Waals surface area contributed by atoms with Crippen LogP contribution < -0.4 is 0 Å². The Hall–Kier alpha value is -13.1. The molecule has 15 aromatic carbocycles. The molecule has 96 heavy (non-hydrogen) atoms. The molecule has 0 aliphatic heterocycles. The zero-order chi connectivity index (χ0) is 62.4. The van der Waals surface area contributed by atoms with Gasteiger partial charge in [-0.15, -0.1) is 0 Å². The maximum absolute atomic E-state index is 6.46. The number of fused-ring (bicyclic) bond motifs is 21. The molecule has 0 fully saturated rings. The lowest BCUT2D eigenvalue weighted by Crippen LogP contribution is -2.00. The van der Waals surface area contributed by atoms with Crippen LogP contribution in [0.2, 0.25) is 0 Å². The van der Waals surface area contributed by atoms with Crippen molar-refractivity contribution < 1.29 is 13.3 Å². The standard InChI is InChI=1S/C87H48N6O3/c1-7-19-73-61(13-1)67-43-70-64-16-4-10-22-79(64)94-82(70)46-76(67)91(73)58-34-31-49-37-55(28-25-52(49)40-58)85-88-86(56-29-26-53-41-59(35-32-50(53)38-56)92-74-20-8-2-14-62(74)68-44-71-65-17-5-11-23-80(65)95-83(71)47-77(68)92)90-87(89-85)57-30-27-54-42-60(36-33-51(54)39-57)93-75-21-9-3-15-63(75)69-45-72-66-18-6-12-24-81(66)96-84(72)48-78(69)93/h1-48H. The summed E-state index contributed by atoms with van der Waals surface area (Å²) < 4.78 is 26.5. The normalized spacial score (nSPS) is 12.4. The van der Waals surface area contributed by atoms with Gasteiger partial charge in [0.2, 0.25) is 0 Å². The predicted octanol–water partition coefficient (Wildman–Crippen LogP) is 23.3. The molecule has 0 aliphatic carbocycles. The molecule has 0 unspecified atom stereocenters. The molecule has 0 spiro atoms. The van der Waals surface area contributed by atoms with Crippen molar-refractivity contribution >= 4 is 164 Å². The number of nitrogens with zero attached hydrogens (tertiary/aromatic N) is 6. The molecule has 0 radical (unpaired) electrons. The van der Waals surface area contributed by atoms with Crippen molar-refractivity contribution in [3.8, 4) is 51.2 Å². The zero-order valence-electron chi connectivity index (χ0n) is 51.1. The summed E-state index contributed by atoms with van der Waals surface area (Å²) in [4.78, 5) is 16.1. The van der Waals surface area contributed by atoms with E-state index in [0.29, 0.717) is 17.5 Å². The van der Waals surface area contributed by atoms with Gasteiger partial charge in [-0.2, -0.15) is 0 Å². The molecule has 0 saturated heterocycles. The predicted molar refractivity (Wildman–Crippen MR) is 394 cm³/mol. The van der Waals surface area contributed by atoms with Crippen LogP contribution in [0.4, 0.5) is 0 Å². The Kier molecular flexibility index (Phi) is 10.3. The number of furan rings is 3. The minimum atomic E-state index is 0.582.